The number of aliphatic hydroxyl groups excluding tert-OH is 1. The first-order valence-corrected chi connectivity index (χ1v) is 9.71. The fraction of sp³-hybridized carbons (Fsp3) is 0.381. The summed E-state index contributed by atoms with van der Waals surface area (Å²) >= 11 is 0. The van der Waals surface area contributed by atoms with E-state index in [1.165, 1.54) is 0 Å². The Morgan fingerprint density at radius 1 is 1.21 bits per heavy atom. The monoisotopic (exact) mass is 379 g/mol. The third kappa shape index (κ3) is 4.31. The number of carbonyl (C=O) groups excluding carboxylic acids is 1. The molecule has 1 amide bonds. The summed E-state index contributed by atoms with van der Waals surface area (Å²) in [6.07, 6.45) is 6.64. The van der Waals surface area contributed by atoms with Gasteiger partial charge in [-0.25, -0.2) is 4.98 Å². The molecule has 4 rings (SSSR count). The van der Waals surface area contributed by atoms with Crippen molar-refractivity contribution in [2.45, 2.75) is 45.0 Å². The van der Waals surface area contributed by atoms with Crippen LogP contribution in [0.2, 0.25) is 0 Å². The fourth-order valence-electron chi connectivity index (χ4n) is 3.60. The van der Waals surface area contributed by atoms with Gasteiger partial charge in [-0.3, -0.25) is 9.48 Å². The second kappa shape index (κ2) is 8.39. The van der Waals surface area contributed by atoms with Crippen LogP contribution in [-0.4, -0.2) is 41.8 Å². The number of rotatable bonds is 7. The zero-order chi connectivity index (χ0) is 19.3. The molecule has 0 unspecified atom stereocenters. The topological polar surface area (TPSA) is 76.2 Å². The van der Waals surface area contributed by atoms with Crippen molar-refractivity contribution in [3.05, 3.63) is 72.1 Å². The number of hydrogen-bond acceptors (Lipinski definition) is 4. The number of aryl methyl sites for hydroxylation is 1. The lowest BCUT2D eigenvalue weighted by atomic mass is 10.1. The van der Waals surface area contributed by atoms with Crippen LogP contribution >= 0.6 is 0 Å². The van der Waals surface area contributed by atoms with E-state index in [1.54, 1.807) is 12.5 Å². The Labute approximate surface area is 164 Å². The Morgan fingerprint density at radius 3 is 2.86 bits per heavy atom. The number of amides is 1. The summed E-state index contributed by atoms with van der Waals surface area (Å²) in [7, 11) is 0. The number of carbonyl (C=O) groups is 1. The quantitative estimate of drug-likeness (QED) is 0.683. The minimum atomic E-state index is -0.639. The van der Waals surface area contributed by atoms with Crippen LogP contribution in [0.15, 0.2) is 55.1 Å². The number of benzene rings is 1. The smallest absolute Gasteiger partial charge is 0.223 e. The van der Waals surface area contributed by atoms with Crippen molar-refractivity contribution in [3.8, 4) is 0 Å². The summed E-state index contributed by atoms with van der Waals surface area (Å²) in [6.45, 7) is 2.68. The summed E-state index contributed by atoms with van der Waals surface area (Å²) in [5, 5.41) is 15.1. The molecule has 3 aromatic rings. The van der Waals surface area contributed by atoms with Gasteiger partial charge in [0, 0.05) is 38.3 Å². The molecule has 0 saturated heterocycles. The maximum Gasteiger partial charge on any atom is 0.223 e. The maximum atomic E-state index is 12.5. The van der Waals surface area contributed by atoms with Crippen molar-refractivity contribution in [2.75, 3.05) is 6.54 Å². The molecule has 0 saturated carbocycles. The molecular formula is C21H25N5O2. The van der Waals surface area contributed by atoms with Gasteiger partial charge in [-0.2, -0.15) is 5.10 Å². The molecule has 0 spiro atoms. The van der Waals surface area contributed by atoms with Crippen LogP contribution in [0, 0.1) is 0 Å². The Morgan fingerprint density at radius 2 is 2.07 bits per heavy atom. The highest BCUT2D eigenvalue weighted by Gasteiger charge is 2.23. The minimum Gasteiger partial charge on any atom is -0.386 e. The third-order valence-electron chi connectivity index (χ3n) is 5.15. The van der Waals surface area contributed by atoms with E-state index in [0.717, 1.165) is 24.2 Å². The van der Waals surface area contributed by atoms with Crippen molar-refractivity contribution in [1.82, 2.24) is 24.2 Å². The molecule has 2 aromatic heterocycles. The van der Waals surface area contributed by atoms with Gasteiger partial charge in [0.05, 0.1) is 30.8 Å². The van der Waals surface area contributed by atoms with Crippen molar-refractivity contribution < 1.29 is 9.90 Å². The molecule has 3 heterocycles. The number of imidazole rings is 1. The van der Waals surface area contributed by atoms with Gasteiger partial charge in [0.25, 0.3) is 0 Å². The average molecular weight is 379 g/mol. The number of aromatic nitrogens is 4. The molecule has 7 heteroatoms. The standard InChI is InChI=1S/C21H25N5O2/c27-20(13-17-5-2-1-3-6-17)19-14-18-15-25(11-12-26(18)23-19)21(28)7-4-9-24-10-8-22-16-24/h1-3,5-6,8,10,14,16,20,27H,4,7,9,11-13,15H2/t20-/m1/s1. The highest BCUT2D eigenvalue weighted by molar-refractivity contribution is 5.76. The molecule has 0 bridgehead atoms. The molecule has 1 aromatic carbocycles. The molecule has 0 fully saturated rings. The van der Waals surface area contributed by atoms with E-state index in [0.29, 0.717) is 38.2 Å². The first-order chi connectivity index (χ1) is 13.7. The Bertz CT molecular complexity index is 904. The molecule has 1 aliphatic rings. The van der Waals surface area contributed by atoms with Crippen LogP contribution in [-0.2, 0) is 30.8 Å². The van der Waals surface area contributed by atoms with Crippen molar-refractivity contribution >= 4 is 5.91 Å². The van der Waals surface area contributed by atoms with E-state index >= 15 is 0 Å². The Kier molecular flexibility index (Phi) is 5.53. The second-order valence-electron chi connectivity index (χ2n) is 7.21. The van der Waals surface area contributed by atoms with E-state index < -0.39 is 6.10 Å². The lowest BCUT2D eigenvalue weighted by molar-refractivity contribution is -0.132. The molecule has 28 heavy (non-hydrogen) atoms. The summed E-state index contributed by atoms with van der Waals surface area (Å²) in [5.74, 6) is 0.166. The van der Waals surface area contributed by atoms with Gasteiger partial charge in [0.1, 0.15) is 6.10 Å². The largest absolute Gasteiger partial charge is 0.386 e. The number of aliphatic hydroxyl groups is 1. The number of nitrogens with zero attached hydrogens (tertiary/aromatic N) is 5. The van der Waals surface area contributed by atoms with Crippen LogP contribution in [0.25, 0.3) is 0 Å². The lowest BCUT2D eigenvalue weighted by Crippen LogP contribution is -2.38. The van der Waals surface area contributed by atoms with Crippen molar-refractivity contribution in [1.29, 1.82) is 0 Å². The Balaban J connectivity index is 1.33. The second-order valence-corrected chi connectivity index (χ2v) is 7.21. The molecule has 146 valence electrons. The van der Waals surface area contributed by atoms with Crippen LogP contribution in [0.4, 0.5) is 0 Å². The first kappa shape index (κ1) is 18.4. The van der Waals surface area contributed by atoms with Gasteiger partial charge in [0.15, 0.2) is 0 Å². The van der Waals surface area contributed by atoms with E-state index in [9.17, 15) is 9.90 Å². The van der Waals surface area contributed by atoms with Gasteiger partial charge in [-0.15, -0.1) is 0 Å². The summed E-state index contributed by atoms with van der Waals surface area (Å²) in [4.78, 5) is 18.4. The van der Waals surface area contributed by atoms with Gasteiger partial charge in [0.2, 0.25) is 5.91 Å². The van der Waals surface area contributed by atoms with Crippen LogP contribution in [0.1, 0.15) is 35.9 Å². The summed E-state index contributed by atoms with van der Waals surface area (Å²) in [5.41, 5.74) is 2.74. The Hall–Kier alpha value is -2.93. The highest BCUT2D eigenvalue weighted by atomic mass is 16.3. The molecule has 0 aliphatic carbocycles. The van der Waals surface area contributed by atoms with Gasteiger partial charge in [-0.05, 0) is 18.1 Å². The molecule has 7 nitrogen and oxygen atoms in total. The molecule has 0 radical (unpaired) electrons. The predicted molar refractivity (Wildman–Crippen MR) is 104 cm³/mol. The molecule has 1 atom stereocenters. The van der Waals surface area contributed by atoms with E-state index in [-0.39, 0.29) is 5.91 Å². The summed E-state index contributed by atoms with van der Waals surface area (Å²) in [6, 6.07) is 11.8. The van der Waals surface area contributed by atoms with Gasteiger partial charge < -0.3 is 14.6 Å². The van der Waals surface area contributed by atoms with Gasteiger partial charge >= 0.3 is 0 Å². The van der Waals surface area contributed by atoms with Crippen molar-refractivity contribution in [3.63, 3.8) is 0 Å². The molecule has 1 aliphatic heterocycles. The SMILES string of the molecule is O=C(CCCn1ccnc1)N1CCn2nc([C@H](O)Cc3ccccc3)cc2C1. The van der Waals surface area contributed by atoms with Gasteiger partial charge in [-0.1, -0.05) is 30.3 Å². The first-order valence-electron chi connectivity index (χ1n) is 9.71. The summed E-state index contributed by atoms with van der Waals surface area (Å²) < 4.78 is 3.90. The molecular weight excluding hydrogens is 354 g/mol. The van der Waals surface area contributed by atoms with E-state index in [1.807, 2.05) is 56.7 Å². The normalized spacial score (nSPS) is 14.7. The minimum absolute atomic E-state index is 0.166. The zero-order valence-corrected chi connectivity index (χ0v) is 15.8. The van der Waals surface area contributed by atoms with Crippen LogP contribution in [0.3, 0.4) is 0 Å². The number of hydrogen-bond donors (Lipinski definition) is 1. The van der Waals surface area contributed by atoms with E-state index in [2.05, 4.69) is 10.1 Å². The molecule has 1 N–H and O–H groups in total. The van der Waals surface area contributed by atoms with E-state index in [4.69, 9.17) is 0 Å². The average Bonchev–Trinajstić information content (AvgIpc) is 3.37. The van der Waals surface area contributed by atoms with Crippen LogP contribution in [0.5, 0.6) is 0 Å². The number of fused-ring (bicyclic) bond motifs is 1. The maximum absolute atomic E-state index is 12.5. The third-order valence-corrected chi connectivity index (χ3v) is 5.15. The van der Waals surface area contributed by atoms with Crippen molar-refractivity contribution in [2.24, 2.45) is 0 Å². The zero-order valence-electron chi connectivity index (χ0n) is 15.8. The van der Waals surface area contributed by atoms with Crippen LogP contribution < -0.4 is 0 Å². The lowest BCUT2D eigenvalue weighted by Gasteiger charge is -2.27. The highest BCUT2D eigenvalue weighted by Crippen LogP contribution is 2.21. The predicted octanol–water partition coefficient (Wildman–Crippen LogP) is 2.18. The fourth-order valence-corrected chi connectivity index (χ4v) is 3.60.